The predicted octanol–water partition coefficient (Wildman–Crippen LogP) is 25.6. The lowest BCUT2D eigenvalue weighted by Crippen LogP contribution is -2.40. The van der Waals surface area contributed by atoms with Gasteiger partial charge in [-0.1, -0.05) is 196 Å². The van der Waals surface area contributed by atoms with Crippen LogP contribution in [0.4, 0.5) is 52.7 Å². The van der Waals surface area contributed by atoms with Gasteiger partial charge in [0.1, 0.15) is 22.7 Å². The van der Waals surface area contributed by atoms with Crippen molar-refractivity contribution in [3.8, 4) is 28.4 Å². The van der Waals surface area contributed by atoms with Gasteiger partial charge in [0.05, 0.1) is 11.1 Å². The van der Waals surface area contributed by atoms with Gasteiger partial charge in [-0.15, -0.1) is 13.2 Å². The zero-order valence-electron chi connectivity index (χ0n) is 54.2. The van der Waals surface area contributed by atoms with Crippen LogP contribution in [-0.2, 0) is 17.8 Å². The first kappa shape index (κ1) is 73.8. The normalized spacial score (nSPS) is 12.4. The van der Waals surface area contributed by atoms with E-state index in [-0.39, 0.29) is 46.3 Å². The van der Waals surface area contributed by atoms with Crippen LogP contribution in [0.3, 0.4) is 0 Å². The minimum Gasteiger partial charge on any atom is -0.457 e. The Labute approximate surface area is 515 Å². The molecule has 0 aromatic heterocycles. The molecule has 0 radical (unpaired) electrons. The number of hydrogen-bond acceptors (Lipinski definition) is 2. The van der Waals surface area contributed by atoms with Crippen LogP contribution in [-0.4, -0.2) is 12.5 Å². The van der Waals surface area contributed by atoms with Crippen LogP contribution < -0.4 is 9.47 Å². The summed E-state index contributed by atoms with van der Waals surface area (Å²) in [5.41, 5.74) is 7.87. The van der Waals surface area contributed by atoms with E-state index in [4.69, 9.17) is 4.74 Å². The number of benzene rings is 7. The Balaban J connectivity index is 0.000000254. The first-order valence-corrected chi connectivity index (χ1v) is 29.9. The van der Waals surface area contributed by atoms with Crippen molar-refractivity contribution in [3.63, 3.8) is 0 Å². The lowest BCUT2D eigenvalue weighted by atomic mass is 9.74. The molecule has 0 amide bonds. The second kappa shape index (κ2) is 30.2. The Morgan fingerprint density at radius 2 is 0.636 bits per heavy atom. The van der Waals surface area contributed by atoms with Crippen LogP contribution in [0.25, 0.3) is 11.1 Å². The van der Waals surface area contributed by atoms with Crippen molar-refractivity contribution in [3.05, 3.63) is 217 Å². The van der Waals surface area contributed by atoms with Crippen LogP contribution in [0.2, 0.25) is 0 Å². The number of ether oxygens (including phenoxy) is 2. The maximum absolute atomic E-state index is 14.0. The first-order valence-electron chi connectivity index (χ1n) is 29.9. The van der Waals surface area contributed by atoms with Crippen molar-refractivity contribution < 1.29 is 62.2 Å². The van der Waals surface area contributed by atoms with Gasteiger partial charge in [-0.3, -0.25) is 0 Å². The summed E-state index contributed by atoms with van der Waals surface area (Å²) in [7, 11) is 0. The van der Waals surface area contributed by atoms with E-state index in [1.807, 2.05) is 133 Å². The molecule has 0 aliphatic carbocycles. The number of halogens is 12. The summed E-state index contributed by atoms with van der Waals surface area (Å²) < 4.78 is 168. The Morgan fingerprint density at radius 1 is 0.307 bits per heavy atom. The minimum absolute atomic E-state index is 0.0154. The first-order chi connectivity index (χ1) is 40.4. The fourth-order valence-electron chi connectivity index (χ4n) is 9.51. The molecule has 0 saturated heterocycles. The number of alkyl halides is 12. The second-order valence-corrected chi connectivity index (χ2v) is 25.3. The van der Waals surface area contributed by atoms with Gasteiger partial charge >= 0.3 is 24.9 Å². The van der Waals surface area contributed by atoms with E-state index in [0.717, 1.165) is 61.7 Å². The summed E-state index contributed by atoms with van der Waals surface area (Å²) in [6.07, 6.45) is -17.7. The van der Waals surface area contributed by atoms with Gasteiger partial charge in [-0.05, 0) is 195 Å². The van der Waals surface area contributed by atoms with E-state index in [1.54, 1.807) is 66.7 Å². The summed E-state index contributed by atoms with van der Waals surface area (Å²) in [5.74, 6) is 2.25. The molecule has 0 atom stereocenters. The molecule has 7 aromatic rings. The third kappa shape index (κ3) is 20.7. The average Bonchev–Trinajstić information content (AvgIpc) is 1.08. The molecule has 2 nitrogen and oxygen atoms in total. The highest BCUT2D eigenvalue weighted by Gasteiger charge is 2.53. The van der Waals surface area contributed by atoms with E-state index >= 15 is 0 Å². The lowest BCUT2D eigenvalue weighted by Gasteiger charge is -2.33. The molecule has 0 unspecified atom stereocenters. The molecule has 480 valence electrons. The molecule has 88 heavy (non-hydrogen) atoms. The Kier molecular flexibility index (Phi) is 25.3. The third-order valence-electron chi connectivity index (χ3n) is 15.5. The van der Waals surface area contributed by atoms with Crippen molar-refractivity contribution in [2.75, 3.05) is 0 Å². The summed E-state index contributed by atoms with van der Waals surface area (Å²) in [6, 6.07) is 38.5. The number of aryl methyl sites for hydroxylation is 2. The molecule has 14 heteroatoms. The monoisotopic (exact) mass is 1240 g/mol. The molecular formula is C74H88F12O2. The molecule has 0 N–H and O–H groups in total. The van der Waals surface area contributed by atoms with E-state index in [1.165, 1.54) is 31.2 Å². The highest BCUT2D eigenvalue weighted by molar-refractivity contribution is 5.75. The average molecular weight is 1240 g/mol. The van der Waals surface area contributed by atoms with Crippen LogP contribution in [0.15, 0.2) is 140 Å². The zero-order valence-corrected chi connectivity index (χ0v) is 54.2. The summed E-state index contributed by atoms with van der Waals surface area (Å²) in [4.78, 5) is 0. The number of hydrogen-bond donors (Lipinski definition) is 0. The SMILES string of the molecule is CC(C)c1cc(C(C)C)cc(C(F)(F)F)c1.CC(C)c1ccc(C(C)(c2ccc(C(C)C)cc2)C(F)(F)F)cc1.Cc1cc(Oc2cc(C(C)C)cc(C(F)(F)F)c2)cc(C(C)C)c1.Cc1ccc(C(C)C)cc1-c1cc(C(C)C)ccc1OC(F)(F)F. The van der Waals surface area contributed by atoms with E-state index < -0.39 is 41.4 Å². The maximum Gasteiger partial charge on any atom is 0.573 e. The van der Waals surface area contributed by atoms with E-state index in [2.05, 4.69) is 38.5 Å². The second-order valence-electron chi connectivity index (χ2n) is 25.3. The largest absolute Gasteiger partial charge is 0.573 e. The van der Waals surface area contributed by atoms with Crippen LogP contribution >= 0.6 is 0 Å². The molecule has 7 rings (SSSR count). The summed E-state index contributed by atoms with van der Waals surface area (Å²) >= 11 is 0. The van der Waals surface area contributed by atoms with E-state index in [0.29, 0.717) is 40.5 Å². The molecule has 0 saturated carbocycles. The van der Waals surface area contributed by atoms with Crippen LogP contribution in [0, 0.1) is 13.8 Å². The van der Waals surface area contributed by atoms with Gasteiger partial charge in [0, 0.05) is 5.56 Å². The minimum atomic E-state index is -4.71. The Bertz CT molecular complexity index is 3260. The van der Waals surface area contributed by atoms with Crippen molar-refractivity contribution in [1.29, 1.82) is 0 Å². The molecule has 0 fully saturated rings. The van der Waals surface area contributed by atoms with E-state index in [9.17, 15) is 52.7 Å². The Morgan fingerprint density at radius 3 is 1.00 bits per heavy atom. The van der Waals surface area contributed by atoms with Gasteiger partial charge in [0.2, 0.25) is 0 Å². The highest BCUT2D eigenvalue weighted by atomic mass is 19.4. The van der Waals surface area contributed by atoms with Gasteiger partial charge in [-0.2, -0.15) is 39.5 Å². The molecule has 0 aliphatic heterocycles. The fourth-order valence-corrected chi connectivity index (χ4v) is 9.51. The molecule has 0 bridgehead atoms. The molecule has 7 aromatic carbocycles. The third-order valence-corrected chi connectivity index (χ3v) is 15.5. The molecular weight excluding hydrogens is 1150 g/mol. The van der Waals surface area contributed by atoms with Crippen molar-refractivity contribution in [1.82, 2.24) is 0 Å². The zero-order chi connectivity index (χ0) is 66.8. The van der Waals surface area contributed by atoms with Crippen molar-refractivity contribution >= 4 is 0 Å². The van der Waals surface area contributed by atoms with Crippen molar-refractivity contribution in [2.45, 2.75) is 209 Å². The quantitative estimate of drug-likeness (QED) is 0.101. The maximum atomic E-state index is 14.0. The van der Waals surface area contributed by atoms with Crippen LogP contribution in [0.1, 0.15) is 243 Å². The predicted molar refractivity (Wildman–Crippen MR) is 336 cm³/mol. The van der Waals surface area contributed by atoms with Gasteiger partial charge in [0.25, 0.3) is 0 Å². The molecule has 0 spiro atoms. The summed E-state index contributed by atoms with van der Waals surface area (Å²) in [6.45, 7) is 36.9. The highest BCUT2D eigenvalue weighted by Crippen LogP contribution is 2.47. The van der Waals surface area contributed by atoms with Crippen molar-refractivity contribution in [2.24, 2.45) is 0 Å². The summed E-state index contributed by atoms with van der Waals surface area (Å²) in [5, 5.41) is 0. The topological polar surface area (TPSA) is 18.5 Å². The van der Waals surface area contributed by atoms with Gasteiger partial charge < -0.3 is 9.47 Å². The smallest absolute Gasteiger partial charge is 0.457 e. The number of rotatable bonds is 14. The van der Waals surface area contributed by atoms with Crippen LogP contribution in [0.5, 0.6) is 17.2 Å². The lowest BCUT2D eigenvalue weighted by molar-refractivity contribution is -0.274. The molecule has 0 aliphatic rings. The van der Waals surface area contributed by atoms with Gasteiger partial charge in [0.15, 0.2) is 0 Å². The standard InChI is InChI=1S/C21H25F3.2C20H23F3O.C13H17F3/c1-14(2)16-6-10-18(11-7-16)20(5,21(22,23)24)19-12-8-17(9-13-19)15(3)4;1-12(2)15-6-14(5)7-18(9-15)24-19-10-16(13(3)4)8-17(11-19)20(21,22)23;1-12(2)15-7-6-14(5)17(10-15)18-11-16(13(3)4)8-9-19(18)24-20(21,22)23;1-8(2)10-5-11(9(3)4)7-12(6-10)13(14,15)16/h6-15H,1-5H3;2*6-13H,1-5H3;5-9H,1-4H3. The van der Waals surface area contributed by atoms with Gasteiger partial charge in [-0.25, -0.2) is 0 Å². The molecule has 0 heterocycles. The Hall–Kier alpha value is -6.70. The fraction of sp³-hybridized carbons (Fsp3) is 0.432.